The van der Waals surface area contributed by atoms with Crippen molar-refractivity contribution < 1.29 is 9.72 Å². The van der Waals surface area contributed by atoms with Crippen LogP contribution in [0.1, 0.15) is 5.56 Å². The number of benzene rings is 1. The van der Waals surface area contributed by atoms with E-state index in [9.17, 15) is 14.9 Å². The Morgan fingerprint density at radius 1 is 1.39 bits per heavy atom. The summed E-state index contributed by atoms with van der Waals surface area (Å²) in [6.07, 6.45) is 0. The largest absolute Gasteiger partial charge is 0.352 e. The Balaban J connectivity index is 0.00000162. The third kappa shape index (κ3) is 3.41. The molecule has 1 aliphatic heterocycles. The van der Waals surface area contributed by atoms with Crippen molar-refractivity contribution in [3.63, 3.8) is 0 Å². The molecule has 0 aromatic heterocycles. The lowest BCUT2D eigenvalue weighted by Gasteiger charge is -2.25. The number of hydrogen-bond donors (Lipinski definition) is 2. The van der Waals surface area contributed by atoms with Crippen LogP contribution in [0.4, 0.5) is 5.69 Å². The van der Waals surface area contributed by atoms with Crippen molar-refractivity contribution in [1.29, 1.82) is 0 Å². The van der Waals surface area contributed by atoms with Gasteiger partial charge in [-0.15, -0.1) is 12.4 Å². The van der Waals surface area contributed by atoms with Gasteiger partial charge in [-0.2, -0.15) is 0 Å². The summed E-state index contributed by atoms with van der Waals surface area (Å²) in [4.78, 5) is 21.5. The average molecular weight is 272 g/mol. The zero-order valence-electron chi connectivity index (χ0n) is 9.59. The predicted molar refractivity (Wildman–Crippen MR) is 68.6 cm³/mol. The Hall–Kier alpha value is -1.66. The average Bonchev–Trinajstić information content (AvgIpc) is 2.24. The Morgan fingerprint density at radius 3 is 2.44 bits per heavy atom. The lowest BCUT2D eigenvalue weighted by Crippen LogP contribution is -2.50. The van der Waals surface area contributed by atoms with Crippen molar-refractivity contribution in [3.8, 4) is 0 Å². The minimum Gasteiger partial charge on any atom is -0.352 e. The van der Waals surface area contributed by atoms with Gasteiger partial charge >= 0.3 is 0 Å². The molecular formula is C11H14ClN3O3. The van der Waals surface area contributed by atoms with Crippen molar-refractivity contribution in [2.75, 3.05) is 13.1 Å². The number of rotatable bonds is 4. The first-order chi connectivity index (χ1) is 8.16. The van der Waals surface area contributed by atoms with Crippen LogP contribution in [-0.4, -0.2) is 23.9 Å². The van der Waals surface area contributed by atoms with Gasteiger partial charge in [0.2, 0.25) is 5.91 Å². The Labute approximate surface area is 110 Å². The number of amides is 1. The van der Waals surface area contributed by atoms with Gasteiger partial charge in [-0.25, -0.2) is 0 Å². The standard InChI is InChI=1S/C11H13N3O3.ClH/c15-11(9-6-12-7-9)13-5-8-1-3-10(4-2-8)14(16)17;/h1-4,9,12H,5-7H2,(H,13,15);1H. The second-order valence-electron chi connectivity index (χ2n) is 4.00. The number of halogens is 1. The highest BCUT2D eigenvalue weighted by atomic mass is 35.5. The van der Waals surface area contributed by atoms with Gasteiger partial charge < -0.3 is 10.6 Å². The van der Waals surface area contributed by atoms with E-state index in [2.05, 4.69) is 10.6 Å². The molecule has 1 aromatic carbocycles. The molecule has 7 heteroatoms. The minimum absolute atomic E-state index is 0. The molecule has 1 aromatic rings. The van der Waals surface area contributed by atoms with Gasteiger partial charge in [-0.3, -0.25) is 14.9 Å². The number of carbonyl (C=O) groups is 1. The summed E-state index contributed by atoms with van der Waals surface area (Å²) in [6.45, 7) is 1.87. The van der Waals surface area contributed by atoms with Crippen LogP contribution in [0.2, 0.25) is 0 Å². The summed E-state index contributed by atoms with van der Waals surface area (Å²) in [6, 6.07) is 6.17. The van der Waals surface area contributed by atoms with Gasteiger partial charge in [0.15, 0.2) is 0 Å². The number of nitrogens with zero attached hydrogens (tertiary/aromatic N) is 1. The number of nitrogens with one attached hydrogen (secondary N) is 2. The van der Waals surface area contributed by atoms with E-state index in [1.807, 2.05) is 0 Å². The minimum atomic E-state index is -0.442. The Kier molecular flexibility index (Phi) is 5.06. The quantitative estimate of drug-likeness (QED) is 0.628. The second kappa shape index (κ2) is 6.32. The molecule has 1 heterocycles. The van der Waals surface area contributed by atoms with Gasteiger partial charge in [-0.1, -0.05) is 12.1 Å². The molecule has 98 valence electrons. The molecule has 2 rings (SSSR count). The molecule has 0 spiro atoms. The maximum absolute atomic E-state index is 11.5. The van der Waals surface area contributed by atoms with Gasteiger partial charge in [-0.05, 0) is 5.56 Å². The SMILES string of the molecule is Cl.O=C(NCc1ccc([N+](=O)[O-])cc1)C1CNC1. The number of non-ortho nitro benzene ring substituents is 1. The van der Waals surface area contributed by atoms with Gasteiger partial charge in [0.1, 0.15) is 0 Å². The lowest BCUT2D eigenvalue weighted by atomic mass is 10.0. The molecule has 1 aliphatic rings. The Bertz CT molecular complexity index is 432. The molecule has 0 radical (unpaired) electrons. The molecule has 0 atom stereocenters. The van der Waals surface area contributed by atoms with E-state index >= 15 is 0 Å². The van der Waals surface area contributed by atoms with Gasteiger partial charge in [0.25, 0.3) is 5.69 Å². The number of carbonyl (C=O) groups excluding carboxylic acids is 1. The monoisotopic (exact) mass is 271 g/mol. The smallest absolute Gasteiger partial charge is 0.269 e. The zero-order chi connectivity index (χ0) is 12.3. The first-order valence-electron chi connectivity index (χ1n) is 5.38. The number of nitro groups is 1. The van der Waals surface area contributed by atoms with Crippen molar-refractivity contribution in [2.45, 2.75) is 6.54 Å². The molecule has 2 N–H and O–H groups in total. The van der Waals surface area contributed by atoms with E-state index in [0.717, 1.165) is 18.7 Å². The van der Waals surface area contributed by atoms with E-state index in [4.69, 9.17) is 0 Å². The normalized spacial score (nSPS) is 14.2. The van der Waals surface area contributed by atoms with Gasteiger partial charge in [0, 0.05) is 31.8 Å². The van der Waals surface area contributed by atoms with Crippen LogP contribution in [0.25, 0.3) is 0 Å². The summed E-state index contributed by atoms with van der Waals surface area (Å²) in [5.74, 6) is 0.0927. The van der Waals surface area contributed by atoms with Crippen molar-refractivity contribution in [2.24, 2.45) is 5.92 Å². The molecule has 1 fully saturated rings. The van der Waals surface area contributed by atoms with E-state index < -0.39 is 4.92 Å². The van der Waals surface area contributed by atoms with Crippen LogP contribution < -0.4 is 10.6 Å². The topological polar surface area (TPSA) is 84.3 Å². The molecule has 18 heavy (non-hydrogen) atoms. The molecular weight excluding hydrogens is 258 g/mol. The van der Waals surface area contributed by atoms with Crippen LogP contribution in [0.5, 0.6) is 0 Å². The molecule has 0 unspecified atom stereocenters. The van der Waals surface area contributed by atoms with Gasteiger partial charge in [0.05, 0.1) is 10.8 Å². The molecule has 0 saturated carbocycles. The Morgan fingerprint density at radius 2 is 2.00 bits per heavy atom. The molecule has 1 amide bonds. The van der Waals surface area contributed by atoms with E-state index in [0.29, 0.717) is 6.54 Å². The highest BCUT2D eigenvalue weighted by molar-refractivity contribution is 5.85. The zero-order valence-corrected chi connectivity index (χ0v) is 10.4. The summed E-state index contributed by atoms with van der Waals surface area (Å²) < 4.78 is 0. The number of hydrogen-bond acceptors (Lipinski definition) is 4. The molecule has 6 nitrogen and oxygen atoms in total. The van der Waals surface area contributed by atoms with E-state index in [-0.39, 0.29) is 29.9 Å². The molecule has 0 aliphatic carbocycles. The van der Waals surface area contributed by atoms with Crippen LogP contribution in [0.3, 0.4) is 0 Å². The highest BCUT2D eigenvalue weighted by Gasteiger charge is 2.24. The second-order valence-corrected chi connectivity index (χ2v) is 4.00. The maximum atomic E-state index is 11.5. The van der Waals surface area contributed by atoms with Crippen LogP contribution in [0, 0.1) is 16.0 Å². The van der Waals surface area contributed by atoms with Crippen LogP contribution in [0.15, 0.2) is 24.3 Å². The summed E-state index contributed by atoms with van der Waals surface area (Å²) in [5.41, 5.74) is 0.916. The fourth-order valence-corrected chi connectivity index (χ4v) is 1.54. The third-order valence-electron chi connectivity index (χ3n) is 2.77. The fraction of sp³-hybridized carbons (Fsp3) is 0.364. The molecule has 1 saturated heterocycles. The van der Waals surface area contributed by atoms with Crippen molar-refractivity contribution in [1.82, 2.24) is 10.6 Å². The fourth-order valence-electron chi connectivity index (χ4n) is 1.54. The summed E-state index contributed by atoms with van der Waals surface area (Å²) in [7, 11) is 0. The maximum Gasteiger partial charge on any atom is 0.269 e. The third-order valence-corrected chi connectivity index (χ3v) is 2.77. The summed E-state index contributed by atoms with van der Waals surface area (Å²) in [5, 5.41) is 16.3. The van der Waals surface area contributed by atoms with Crippen LogP contribution in [-0.2, 0) is 11.3 Å². The van der Waals surface area contributed by atoms with E-state index in [1.165, 1.54) is 12.1 Å². The van der Waals surface area contributed by atoms with Crippen LogP contribution >= 0.6 is 12.4 Å². The summed E-state index contributed by atoms with van der Waals surface area (Å²) >= 11 is 0. The number of nitro benzene ring substituents is 1. The van der Waals surface area contributed by atoms with Crippen molar-refractivity contribution >= 4 is 24.0 Å². The molecule has 0 bridgehead atoms. The lowest BCUT2D eigenvalue weighted by molar-refractivity contribution is -0.384. The highest BCUT2D eigenvalue weighted by Crippen LogP contribution is 2.12. The van der Waals surface area contributed by atoms with Crippen molar-refractivity contribution in [3.05, 3.63) is 39.9 Å². The predicted octanol–water partition coefficient (Wildman–Crippen LogP) is 0.852. The first-order valence-corrected chi connectivity index (χ1v) is 5.38. The first kappa shape index (κ1) is 14.4. The van der Waals surface area contributed by atoms with E-state index in [1.54, 1.807) is 12.1 Å².